The highest BCUT2D eigenvalue weighted by molar-refractivity contribution is 5.55. The average Bonchev–Trinajstić information content (AvgIpc) is 2.81. The Morgan fingerprint density at radius 2 is 2.00 bits per heavy atom. The molecule has 0 aliphatic heterocycles. The molecule has 1 aromatic carbocycles. The number of imidazole rings is 1. The van der Waals surface area contributed by atoms with Crippen molar-refractivity contribution < 1.29 is 9.47 Å². The van der Waals surface area contributed by atoms with Crippen LogP contribution in [0, 0.1) is 6.92 Å². The van der Waals surface area contributed by atoms with E-state index in [1.807, 2.05) is 6.92 Å². The molecule has 0 atom stereocenters. The van der Waals surface area contributed by atoms with Gasteiger partial charge < -0.3 is 14.5 Å². The molecule has 0 aliphatic rings. The summed E-state index contributed by atoms with van der Waals surface area (Å²) in [6, 6.07) is 5.33. The van der Waals surface area contributed by atoms with Gasteiger partial charge in [-0.15, -0.1) is 10.2 Å². The normalized spacial score (nSPS) is 10.8. The molecular weight excluding hydrogens is 232 g/mol. The van der Waals surface area contributed by atoms with Crippen molar-refractivity contribution in [2.45, 2.75) is 6.92 Å². The minimum atomic E-state index is 0.456. The maximum atomic E-state index is 5.20. The monoisotopic (exact) mass is 246 g/mol. The highest BCUT2D eigenvalue weighted by Gasteiger charge is 2.04. The summed E-state index contributed by atoms with van der Waals surface area (Å²) in [5.41, 5.74) is 1.52. The number of hydrogen-bond donors (Lipinski definition) is 1. The minimum absolute atomic E-state index is 0.456. The van der Waals surface area contributed by atoms with Crippen LogP contribution >= 0.6 is 0 Å². The van der Waals surface area contributed by atoms with Gasteiger partial charge in [0.25, 0.3) is 0 Å². The molecular formula is C12H14N4O2. The SMILES string of the molecule is COc1ccc(OC)c(N=Nc2ncc(C)[nH]2)c1. The molecule has 0 unspecified atom stereocenters. The summed E-state index contributed by atoms with van der Waals surface area (Å²) >= 11 is 0. The van der Waals surface area contributed by atoms with E-state index >= 15 is 0 Å². The van der Waals surface area contributed by atoms with Gasteiger partial charge in [0.2, 0.25) is 5.95 Å². The van der Waals surface area contributed by atoms with E-state index in [4.69, 9.17) is 9.47 Å². The van der Waals surface area contributed by atoms with Gasteiger partial charge >= 0.3 is 0 Å². The van der Waals surface area contributed by atoms with Crippen LogP contribution in [0.5, 0.6) is 11.5 Å². The van der Waals surface area contributed by atoms with E-state index in [0.717, 1.165) is 5.69 Å². The molecule has 2 aromatic rings. The standard InChI is InChI=1S/C12H14N4O2/c1-8-7-13-12(14-8)16-15-10-6-9(17-2)4-5-11(10)18-3/h4-7H,1-3H3,(H,13,14). The highest BCUT2D eigenvalue weighted by Crippen LogP contribution is 2.32. The summed E-state index contributed by atoms with van der Waals surface area (Å²) in [4.78, 5) is 7.01. The third-order valence-corrected chi connectivity index (χ3v) is 2.33. The number of nitrogens with zero attached hydrogens (tertiary/aromatic N) is 3. The molecule has 1 heterocycles. The quantitative estimate of drug-likeness (QED) is 0.842. The van der Waals surface area contributed by atoms with Gasteiger partial charge in [0.05, 0.1) is 14.2 Å². The summed E-state index contributed by atoms with van der Waals surface area (Å²) in [7, 11) is 3.18. The van der Waals surface area contributed by atoms with Crippen molar-refractivity contribution in [3.05, 3.63) is 30.1 Å². The molecule has 0 radical (unpaired) electrons. The van der Waals surface area contributed by atoms with Crippen LogP contribution in [0.2, 0.25) is 0 Å². The predicted octanol–water partition coefficient (Wildman–Crippen LogP) is 3.15. The van der Waals surface area contributed by atoms with Gasteiger partial charge in [-0.1, -0.05) is 0 Å². The number of ether oxygens (including phenoxy) is 2. The second kappa shape index (κ2) is 5.31. The van der Waals surface area contributed by atoms with Crippen LogP contribution in [0.25, 0.3) is 0 Å². The molecule has 0 fully saturated rings. The highest BCUT2D eigenvalue weighted by atomic mass is 16.5. The first kappa shape index (κ1) is 12.1. The molecule has 0 saturated heterocycles. The van der Waals surface area contributed by atoms with Gasteiger partial charge in [-0.05, 0) is 19.1 Å². The summed E-state index contributed by atoms with van der Waals surface area (Å²) in [6.07, 6.45) is 1.69. The van der Waals surface area contributed by atoms with Crippen LogP contribution in [0.4, 0.5) is 11.6 Å². The van der Waals surface area contributed by atoms with Gasteiger partial charge in [0.15, 0.2) is 0 Å². The largest absolute Gasteiger partial charge is 0.497 e. The van der Waals surface area contributed by atoms with Crippen molar-refractivity contribution in [3.8, 4) is 11.5 Å². The smallest absolute Gasteiger partial charge is 0.246 e. The van der Waals surface area contributed by atoms with E-state index in [-0.39, 0.29) is 0 Å². The lowest BCUT2D eigenvalue weighted by Gasteiger charge is -2.05. The molecule has 2 rings (SSSR count). The van der Waals surface area contributed by atoms with E-state index in [1.165, 1.54) is 0 Å². The predicted molar refractivity (Wildman–Crippen MR) is 67.0 cm³/mol. The van der Waals surface area contributed by atoms with Gasteiger partial charge in [-0.2, -0.15) is 0 Å². The first-order chi connectivity index (χ1) is 8.72. The lowest BCUT2D eigenvalue weighted by Crippen LogP contribution is -1.86. The Morgan fingerprint density at radius 1 is 1.17 bits per heavy atom. The maximum Gasteiger partial charge on any atom is 0.246 e. The Kier molecular flexibility index (Phi) is 3.57. The maximum absolute atomic E-state index is 5.20. The second-order valence-electron chi connectivity index (χ2n) is 3.63. The minimum Gasteiger partial charge on any atom is -0.497 e. The molecule has 0 bridgehead atoms. The number of aromatic amines is 1. The number of rotatable bonds is 4. The van der Waals surface area contributed by atoms with Crippen LogP contribution in [0.3, 0.4) is 0 Å². The molecule has 1 aromatic heterocycles. The van der Waals surface area contributed by atoms with Crippen LogP contribution in [-0.2, 0) is 0 Å². The lowest BCUT2D eigenvalue weighted by atomic mass is 10.3. The Bertz CT molecular complexity index is 563. The zero-order valence-electron chi connectivity index (χ0n) is 10.5. The summed E-state index contributed by atoms with van der Waals surface area (Å²) < 4.78 is 10.3. The number of azo groups is 1. The Morgan fingerprint density at radius 3 is 2.61 bits per heavy atom. The Balaban J connectivity index is 2.29. The molecule has 6 nitrogen and oxygen atoms in total. The van der Waals surface area contributed by atoms with Crippen LogP contribution in [0.1, 0.15) is 5.69 Å². The van der Waals surface area contributed by atoms with E-state index in [2.05, 4.69) is 20.2 Å². The van der Waals surface area contributed by atoms with Crippen molar-refractivity contribution in [1.82, 2.24) is 9.97 Å². The van der Waals surface area contributed by atoms with Gasteiger partial charge in [0, 0.05) is 18.0 Å². The topological polar surface area (TPSA) is 71.9 Å². The van der Waals surface area contributed by atoms with Crippen molar-refractivity contribution in [3.63, 3.8) is 0 Å². The van der Waals surface area contributed by atoms with Gasteiger partial charge in [-0.3, -0.25) is 0 Å². The molecule has 0 aliphatic carbocycles. The van der Waals surface area contributed by atoms with Gasteiger partial charge in [-0.25, -0.2) is 4.98 Å². The fourth-order valence-electron chi connectivity index (χ4n) is 1.43. The van der Waals surface area contributed by atoms with E-state index in [9.17, 15) is 0 Å². The number of hydrogen-bond acceptors (Lipinski definition) is 5. The molecule has 0 amide bonds. The third kappa shape index (κ3) is 2.65. The summed E-state index contributed by atoms with van der Waals surface area (Å²) in [6.45, 7) is 1.90. The van der Waals surface area contributed by atoms with Crippen LogP contribution in [0.15, 0.2) is 34.6 Å². The number of nitrogens with one attached hydrogen (secondary N) is 1. The van der Waals surface area contributed by atoms with Crippen LogP contribution in [-0.4, -0.2) is 24.2 Å². The first-order valence-electron chi connectivity index (χ1n) is 5.38. The van der Waals surface area contributed by atoms with Crippen molar-refractivity contribution >= 4 is 11.6 Å². The van der Waals surface area contributed by atoms with Crippen molar-refractivity contribution in [2.75, 3.05) is 14.2 Å². The second-order valence-corrected chi connectivity index (χ2v) is 3.63. The number of aryl methyl sites for hydroxylation is 1. The van der Waals surface area contributed by atoms with Crippen LogP contribution < -0.4 is 9.47 Å². The fraction of sp³-hybridized carbons (Fsp3) is 0.250. The summed E-state index contributed by atoms with van der Waals surface area (Å²) in [5.74, 6) is 1.78. The lowest BCUT2D eigenvalue weighted by molar-refractivity contribution is 0.404. The van der Waals surface area contributed by atoms with Crippen molar-refractivity contribution in [1.29, 1.82) is 0 Å². The number of methoxy groups -OCH3 is 2. The molecule has 1 N–H and O–H groups in total. The number of aromatic nitrogens is 2. The van der Waals surface area contributed by atoms with E-state index < -0.39 is 0 Å². The molecule has 18 heavy (non-hydrogen) atoms. The average molecular weight is 246 g/mol. The summed E-state index contributed by atoms with van der Waals surface area (Å²) in [5, 5.41) is 8.10. The van der Waals surface area contributed by atoms with Crippen molar-refractivity contribution in [2.24, 2.45) is 10.2 Å². The third-order valence-electron chi connectivity index (χ3n) is 2.33. The van der Waals surface area contributed by atoms with Gasteiger partial charge in [0.1, 0.15) is 17.2 Å². The molecule has 94 valence electrons. The zero-order chi connectivity index (χ0) is 13.0. The Labute approximate surface area is 105 Å². The van der Waals surface area contributed by atoms with E-state index in [0.29, 0.717) is 23.1 Å². The molecule has 6 heteroatoms. The first-order valence-corrected chi connectivity index (χ1v) is 5.38. The van der Waals surface area contributed by atoms with E-state index in [1.54, 1.807) is 38.6 Å². The molecule has 0 spiro atoms. The number of benzene rings is 1. The zero-order valence-corrected chi connectivity index (χ0v) is 10.5. The molecule has 0 saturated carbocycles. The number of H-pyrrole nitrogens is 1. The Hall–Kier alpha value is -2.37. The fourth-order valence-corrected chi connectivity index (χ4v) is 1.43.